The first-order valence-corrected chi connectivity index (χ1v) is 10.7. The Hall–Kier alpha value is -4.13. The molecule has 0 bridgehead atoms. The van der Waals surface area contributed by atoms with Gasteiger partial charge < -0.3 is 19.3 Å². The van der Waals surface area contributed by atoms with Crippen molar-refractivity contribution in [2.75, 3.05) is 13.2 Å². The van der Waals surface area contributed by atoms with E-state index in [1.807, 2.05) is 41.1 Å². The summed E-state index contributed by atoms with van der Waals surface area (Å²) >= 11 is 0. The SMILES string of the molecule is C=CCOc1ccc(/C(O)=C2/C(=O)C(=O)N(CCCn3ccnc3)C2c2ccccc2)cc1. The van der Waals surface area contributed by atoms with Crippen molar-refractivity contribution in [1.82, 2.24) is 14.5 Å². The number of carbonyl (C=O) groups is 2. The van der Waals surface area contributed by atoms with Crippen LogP contribution in [0.25, 0.3) is 5.76 Å². The average molecular weight is 444 g/mol. The van der Waals surface area contributed by atoms with Crippen LogP contribution in [0, 0.1) is 0 Å². The summed E-state index contributed by atoms with van der Waals surface area (Å²) in [5.41, 5.74) is 1.30. The average Bonchev–Trinajstić information content (AvgIpc) is 3.45. The van der Waals surface area contributed by atoms with Crippen LogP contribution in [-0.2, 0) is 16.1 Å². The highest BCUT2D eigenvalue weighted by Gasteiger charge is 2.45. The molecule has 1 aliphatic heterocycles. The lowest BCUT2D eigenvalue weighted by atomic mass is 9.95. The van der Waals surface area contributed by atoms with Gasteiger partial charge in [-0.2, -0.15) is 0 Å². The highest BCUT2D eigenvalue weighted by Crippen LogP contribution is 2.39. The molecule has 0 saturated carbocycles. The number of ketones is 1. The van der Waals surface area contributed by atoms with Gasteiger partial charge in [0.2, 0.25) is 0 Å². The molecule has 7 nitrogen and oxygen atoms in total. The zero-order chi connectivity index (χ0) is 23.2. The number of amides is 1. The minimum Gasteiger partial charge on any atom is -0.507 e. The molecule has 1 fully saturated rings. The maximum absolute atomic E-state index is 13.1. The summed E-state index contributed by atoms with van der Waals surface area (Å²) in [6, 6.07) is 15.4. The molecule has 0 aliphatic carbocycles. The van der Waals surface area contributed by atoms with Crippen molar-refractivity contribution in [1.29, 1.82) is 0 Å². The highest BCUT2D eigenvalue weighted by molar-refractivity contribution is 6.46. The molecule has 2 heterocycles. The van der Waals surface area contributed by atoms with E-state index < -0.39 is 17.7 Å². The van der Waals surface area contributed by atoms with Gasteiger partial charge in [0.05, 0.1) is 17.9 Å². The van der Waals surface area contributed by atoms with Gasteiger partial charge in [0.15, 0.2) is 0 Å². The summed E-state index contributed by atoms with van der Waals surface area (Å²) < 4.78 is 7.41. The molecule has 2 aromatic carbocycles. The van der Waals surface area contributed by atoms with E-state index in [-0.39, 0.29) is 11.3 Å². The standard InChI is InChI=1S/C26H25N3O4/c1-2-17-33-21-11-9-20(10-12-21)24(30)22-23(19-7-4-3-5-8-19)29(26(32)25(22)31)15-6-14-28-16-13-27-18-28/h2-5,7-13,16,18,23,30H,1,6,14-15,17H2/b24-22-. The Kier molecular flexibility index (Phi) is 6.69. The smallest absolute Gasteiger partial charge is 0.295 e. The molecule has 3 aromatic rings. The molecule has 168 valence electrons. The van der Waals surface area contributed by atoms with E-state index in [9.17, 15) is 14.7 Å². The van der Waals surface area contributed by atoms with Gasteiger partial charge in [-0.05, 0) is 36.2 Å². The van der Waals surface area contributed by atoms with Gasteiger partial charge in [0.25, 0.3) is 11.7 Å². The van der Waals surface area contributed by atoms with E-state index in [0.29, 0.717) is 37.4 Å². The number of Topliss-reactive ketones (excluding diaryl/α,β-unsaturated/α-hetero) is 1. The largest absolute Gasteiger partial charge is 0.507 e. The highest BCUT2D eigenvalue weighted by atomic mass is 16.5. The second kappa shape index (κ2) is 9.99. The topological polar surface area (TPSA) is 84.7 Å². The minimum atomic E-state index is -0.684. The van der Waals surface area contributed by atoms with Crippen LogP contribution < -0.4 is 4.74 Å². The number of aliphatic hydroxyl groups is 1. The predicted molar refractivity (Wildman–Crippen MR) is 124 cm³/mol. The van der Waals surface area contributed by atoms with Gasteiger partial charge in [-0.3, -0.25) is 9.59 Å². The molecule has 1 amide bonds. The number of imidazole rings is 1. The molecule has 1 saturated heterocycles. The van der Waals surface area contributed by atoms with E-state index in [0.717, 1.165) is 5.56 Å². The predicted octanol–water partition coefficient (Wildman–Crippen LogP) is 3.96. The maximum Gasteiger partial charge on any atom is 0.295 e. The van der Waals surface area contributed by atoms with E-state index >= 15 is 0 Å². The van der Waals surface area contributed by atoms with Gasteiger partial charge in [0.1, 0.15) is 18.1 Å². The zero-order valence-electron chi connectivity index (χ0n) is 18.1. The van der Waals surface area contributed by atoms with Gasteiger partial charge in [0, 0.05) is 31.0 Å². The molecule has 1 aliphatic rings. The van der Waals surface area contributed by atoms with Crippen LogP contribution in [0.5, 0.6) is 5.75 Å². The van der Waals surface area contributed by atoms with E-state index in [1.165, 1.54) is 0 Å². The Bertz CT molecular complexity index is 1150. The second-order valence-electron chi connectivity index (χ2n) is 7.68. The molecule has 1 atom stereocenters. The summed E-state index contributed by atoms with van der Waals surface area (Å²) in [6.07, 6.45) is 7.55. The van der Waals surface area contributed by atoms with Crippen LogP contribution >= 0.6 is 0 Å². The molecule has 33 heavy (non-hydrogen) atoms. The lowest BCUT2D eigenvalue weighted by Gasteiger charge is -2.25. The number of aliphatic hydroxyl groups excluding tert-OH is 1. The number of hydrogen-bond acceptors (Lipinski definition) is 5. The number of carbonyl (C=O) groups excluding carboxylic acids is 2. The summed E-state index contributed by atoms with van der Waals surface area (Å²) in [5.74, 6) is -0.876. The third-order valence-electron chi connectivity index (χ3n) is 5.53. The lowest BCUT2D eigenvalue weighted by Crippen LogP contribution is -2.31. The van der Waals surface area contributed by atoms with Crippen LogP contribution in [0.3, 0.4) is 0 Å². The maximum atomic E-state index is 13.1. The molecule has 0 radical (unpaired) electrons. The van der Waals surface area contributed by atoms with Crippen molar-refractivity contribution in [3.63, 3.8) is 0 Å². The van der Waals surface area contributed by atoms with Crippen LogP contribution in [-0.4, -0.2) is 44.4 Å². The minimum absolute atomic E-state index is 0.0913. The summed E-state index contributed by atoms with van der Waals surface area (Å²) in [7, 11) is 0. The van der Waals surface area contributed by atoms with Gasteiger partial charge in [-0.25, -0.2) is 4.98 Å². The van der Waals surface area contributed by atoms with Crippen molar-refractivity contribution < 1.29 is 19.4 Å². The number of likely N-dealkylation sites (tertiary alicyclic amines) is 1. The van der Waals surface area contributed by atoms with Gasteiger partial charge >= 0.3 is 0 Å². The molecular formula is C26H25N3O4. The van der Waals surface area contributed by atoms with E-state index in [1.54, 1.807) is 47.8 Å². The van der Waals surface area contributed by atoms with E-state index in [4.69, 9.17) is 4.74 Å². The normalized spacial score (nSPS) is 17.3. The zero-order valence-corrected chi connectivity index (χ0v) is 18.1. The molecule has 0 spiro atoms. The monoisotopic (exact) mass is 443 g/mol. The number of aryl methyl sites for hydroxylation is 1. The van der Waals surface area contributed by atoms with Crippen molar-refractivity contribution in [2.24, 2.45) is 0 Å². The number of hydrogen-bond donors (Lipinski definition) is 1. The number of benzene rings is 2. The fourth-order valence-corrected chi connectivity index (χ4v) is 3.95. The van der Waals surface area contributed by atoms with Crippen LogP contribution in [0.2, 0.25) is 0 Å². The summed E-state index contributed by atoms with van der Waals surface area (Å²) in [4.78, 5) is 31.6. The third-order valence-corrected chi connectivity index (χ3v) is 5.53. The molecular weight excluding hydrogens is 418 g/mol. The first-order chi connectivity index (χ1) is 16.1. The molecule has 7 heteroatoms. The fourth-order valence-electron chi connectivity index (χ4n) is 3.95. The Morgan fingerprint density at radius 3 is 2.52 bits per heavy atom. The van der Waals surface area contributed by atoms with E-state index in [2.05, 4.69) is 11.6 Å². The first kappa shape index (κ1) is 22.1. The first-order valence-electron chi connectivity index (χ1n) is 10.7. The summed E-state index contributed by atoms with van der Waals surface area (Å²) in [5, 5.41) is 11.1. The van der Waals surface area contributed by atoms with Crippen molar-refractivity contribution in [3.8, 4) is 5.75 Å². The Morgan fingerprint density at radius 2 is 1.85 bits per heavy atom. The quantitative estimate of drug-likeness (QED) is 0.234. The van der Waals surface area contributed by atoms with Crippen LogP contribution in [0.4, 0.5) is 0 Å². The van der Waals surface area contributed by atoms with Crippen molar-refractivity contribution in [3.05, 3.63) is 103 Å². The van der Waals surface area contributed by atoms with Crippen LogP contribution in [0.15, 0.2) is 91.5 Å². The van der Waals surface area contributed by atoms with Crippen molar-refractivity contribution in [2.45, 2.75) is 19.0 Å². The molecule has 1 N–H and O–H groups in total. The second-order valence-corrected chi connectivity index (χ2v) is 7.68. The number of ether oxygens (including phenoxy) is 1. The number of aromatic nitrogens is 2. The molecule has 4 rings (SSSR count). The number of nitrogens with zero attached hydrogens (tertiary/aromatic N) is 3. The molecule has 1 unspecified atom stereocenters. The fraction of sp³-hybridized carbons (Fsp3) is 0.192. The van der Waals surface area contributed by atoms with Gasteiger partial charge in [-0.1, -0.05) is 43.0 Å². The van der Waals surface area contributed by atoms with Crippen LogP contribution in [0.1, 0.15) is 23.6 Å². The third kappa shape index (κ3) is 4.72. The van der Waals surface area contributed by atoms with Crippen molar-refractivity contribution >= 4 is 17.4 Å². The van der Waals surface area contributed by atoms with Gasteiger partial charge in [-0.15, -0.1) is 0 Å². The summed E-state index contributed by atoms with van der Waals surface area (Å²) in [6.45, 7) is 5.01. The Morgan fingerprint density at radius 1 is 1.09 bits per heavy atom. The number of rotatable bonds is 9. The lowest BCUT2D eigenvalue weighted by molar-refractivity contribution is -0.139. The Balaban J connectivity index is 1.66. The molecule has 1 aromatic heterocycles. The Labute approximate surface area is 192 Å².